The van der Waals surface area contributed by atoms with Gasteiger partial charge in [0.15, 0.2) is 0 Å². The molecule has 0 saturated carbocycles. The van der Waals surface area contributed by atoms with Gasteiger partial charge in [0.2, 0.25) is 0 Å². The van der Waals surface area contributed by atoms with E-state index < -0.39 is 6.48 Å². The number of aliphatic hydroxyl groups is 2. The van der Waals surface area contributed by atoms with E-state index in [0.717, 1.165) is 0 Å². The molecule has 44 valence electrons. The Morgan fingerprint density at radius 3 is 2.29 bits per heavy atom. The van der Waals surface area contributed by atoms with Crippen LogP contribution in [0, 0.1) is 0 Å². The van der Waals surface area contributed by atoms with Gasteiger partial charge in [0, 0.05) is 0 Å². The molecular weight excluding hydrogens is 100 g/mol. The smallest absolute Gasteiger partial charge is 0.296 e. The third-order valence-corrected chi connectivity index (χ3v) is 0.272. The lowest BCUT2D eigenvalue weighted by molar-refractivity contribution is -0.423. The van der Waals surface area contributed by atoms with Crippen LogP contribution < -0.4 is 0 Å². The van der Waals surface area contributed by atoms with Crippen LogP contribution in [-0.4, -0.2) is 23.3 Å². The molecule has 0 saturated heterocycles. The fraction of sp³-hybridized carbons (Fsp3) is 1.00. The summed E-state index contributed by atoms with van der Waals surface area (Å²) >= 11 is 0. The van der Waals surface area contributed by atoms with Crippen LogP contribution in [0.1, 0.15) is 6.92 Å². The van der Waals surface area contributed by atoms with Gasteiger partial charge in [0.25, 0.3) is 6.48 Å². The predicted molar refractivity (Wildman–Crippen MR) is 20.9 cm³/mol. The molecule has 0 rings (SSSR count). The molecule has 4 heteroatoms. The van der Waals surface area contributed by atoms with Crippen molar-refractivity contribution < 1.29 is 20.0 Å². The molecule has 0 heterocycles. The molecule has 0 aliphatic carbocycles. The Hall–Kier alpha value is -0.160. The van der Waals surface area contributed by atoms with E-state index in [9.17, 15) is 0 Å². The zero-order chi connectivity index (χ0) is 5.70. The van der Waals surface area contributed by atoms with Crippen molar-refractivity contribution in [2.75, 3.05) is 6.61 Å². The Labute approximate surface area is 41.2 Å². The second-order valence-corrected chi connectivity index (χ2v) is 0.829. The highest BCUT2D eigenvalue weighted by Gasteiger charge is 1.92. The monoisotopic (exact) mass is 108 g/mol. The molecule has 4 nitrogen and oxygen atoms in total. The minimum absolute atomic E-state index is 0.303. The summed E-state index contributed by atoms with van der Waals surface area (Å²) in [5.41, 5.74) is 0. The molecule has 0 aromatic heterocycles. The summed E-state index contributed by atoms with van der Waals surface area (Å²) in [7, 11) is 0. The second kappa shape index (κ2) is 4.01. The summed E-state index contributed by atoms with van der Waals surface area (Å²) in [6.07, 6.45) is 0. The first-order valence-corrected chi connectivity index (χ1v) is 1.91. The van der Waals surface area contributed by atoms with Crippen LogP contribution >= 0.6 is 0 Å². The van der Waals surface area contributed by atoms with Gasteiger partial charge in [-0.05, 0) is 6.92 Å². The highest BCUT2D eigenvalue weighted by Crippen LogP contribution is 1.79. The van der Waals surface area contributed by atoms with Crippen LogP contribution in [0.15, 0.2) is 0 Å². The van der Waals surface area contributed by atoms with Gasteiger partial charge in [0.1, 0.15) is 0 Å². The molecule has 0 fully saturated rings. The molecule has 2 N–H and O–H groups in total. The minimum atomic E-state index is -1.82. The largest absolute Gasteiger partial charge is 0.344 e. The van der Waals surface area contributed by atoms with Crippen molar-refractivity contribution in [2.45, 2.75) is 13.4 Å². The lowest BCUT2D eigenvalue weighted by Gasteiger charge is -1.99. The maximum atomic E-state index is 7.89. The number of rotatable bonds is 3. The summed E-state index contributed by atoms with van der Waals surface area (Å²) in [6, 6.07) is 0. The van der Waals surface area contributed by atoms with Crippen molar-refractivity contribution in [3.63, 3.8) is 0 Å². The van der Waals surface area contributed by atoms with Gasteiger partial charge in [-0.3, -0.25) is 0 Å². The fourth-order valence-electron chi connectivity index (χ4n) is 0.129. The second-order valence-electron chi connectivity index (χ2n) is 0.829. The van der Waals surface area contributed by atoms with Gasteiger partial charge in [0.05, 0.1) is 6.61 Å². The summed E-state index contributed by atoms with van der Waals surface area (Å²) in [5, 5.41) is 15.8. The predicted octanol–water partition coefficient (Wildman–Crippen LogP) is -0.777. The van der Waals surface area contributed by atoms with Gasteiger partial charge in [-0.1, -0.05) is 0 Å². The maximum Gasteiger partial charge on any atom is 0.296 e. The van der Waals surface area contributed by atoms with Crippen LogP contribution in [0.4, 0.5) is 0 Å². The van der Waals surface area contributed by atoms with Crippen molar-refractivity contribution in [3.8, 4) is 0 Å². The topological polar surface area (TPSA) is 58.9 Å². The van der Waals surface area contributed by atoms with Crippen molar-refractivity contribution in [2.24, 2.45) is 0 Å². The SMILES string of the molecule is CCOOC(O)O. The molecule has 0 unspecified atom stereocenters. The highest BCUT2D eigenvalue weighted by molar-refractivity contribution is 3.95. The Kier molecular flexibility index (Phi) is 3.92. The molecule has 0 aromatic carbocycles. The summed E-state index contributed by atoms with van der Waals surface area (Å²) in [6.45, 7) is 0.153. The lowest BCUT2D eigenvalue weighted by atomic mass is 10.9. The molecule has 0 spiro atoms. The third kappa shape index (κ3) is 5.84. The van der Waals surface area contributed by atoms with Crippen LogP contribution in [-0.2, 0) is 9.78 Å². The Bertz CT molecular complexity index is 35.9. The van der Waals surface area contributed by atoms with Crippen LogP contribution in [0.2, 0.25) is 0 Å². The molecule has 0 amide bonds. The van der Waals surface area contributed by atoms with Crippen molar-refractivity contribution in [1.29, 1.82) is 0 Å². The first-order chi connectivity index (χ1) is 3.27. The molecule has 0 atom stereocenters. The minimum Gasteiger partial charge on any atom is -0.344 e. The van der Waals surface area contributed by atoms with E-state index in [-0.39, 0.29) is 0 Å². The molecule has 0 aromatic rings. The number of hydrogen-bond acceptors (Lipinski definition) is 4. The summed E-state index contributed by atoms with van der Waals surface area (Å²) in [5.74, 6) is 0. The van der Waals surface area contributed by atoms with E-state index >= 15 is 0 Å². The van der Waals surface area contributed by atoms with Crippen LogP contribution in [0.25, 0.3) is 0 Å². The van der Waals surface area contributed by atoms with E-state index in [0.29, 0.717) is 6.61 Å². The fourth-order valence-corrected chi connectivity index (χ4v) is 0.129. The molecule has 0 bridgehead atoms. The Morgan fingerprint density at radius 1 is 1.57 bits per heavy atom. The van der Waals surface area contributed by atoms with E-state index in [4.69, 9.17) is 10.2 Å². The molecule has 0 radical (unpaired) electrons. The van der Waals surface area contributed by atoms with Crippen LogP contribution in [0.5, 0.6) is 0 Å². The van der Waals surface area contributed by atoms with E-state index in [1.807, 2.05) is 0 Å². The van der Waals surface area contributed by atoms with Gasteiger partial charge < -0.3 is 10.2 Å². The van der Waals surface area contributed by atoms with Gasteiger partial charge in [-0.15, -0.1) is 0 Å². The molecular formula is C3H8O4. The van der Waals surface area contributed by atoms with E-state index in [2.05, 4.69) is 9.78 Å². The zero-order valence-corrected chi connectivity index (χ0v) is 4.00. The van der Waals surface area contributed by atoms with Gasteiger partial charge in [-0.2, -0.15) is 4.89 Å². The van der Waals surface area contributed by atoms with Crippen molar-refractivity contribution in [1.82, 2.24) is 0 Å². The first-order valence-electron chi connectivity index (χ1n) is 1.91. The zero-order valence-electron chi connectivity index (χ0n) is 4.00. The lowest BCUT2D eigenvalue weighted by Crippen LogP contribution is -2.09. The Morgan fingerprint density at radius 2 is 2.14 bits per heavy atom. The standard InChI is InChI=1S/C3H8O4/c1-2-6-7-3(4)5/h3-5H,2H2,1H3. The van der Waals surface area contributed by atoms with Gasteiger partial charge >= 0.3 is 0 Å². The Balaban J connectivity index is 2.68. The summed E-state index contributed by atoms with van der Waals surface area (Å²) in [4.78, 5) is 7.90. The van der Waals surface area contributed by atoms with Crippen LogP contribution in [0.3, 0.4) is 0 Å². The molecule has 0 aliphatic heterocycles. The quantitative estimate of drug-likeness (QED) is 0.283. The highest BCUT2D eigenvalue weighted by atomic mass is 17.2. The van der Waals surface area contributed by atoms with Crippen molar-refractivity contribution in [3.05, 3.63) is 0 Å². The number of aliphatic hydroxyl groups excluding tert-OH is 1. The summed E-state index contributed by atoms with van der Waals surface area (Å²) < 4.78 is 0. The molecule has 0 aliphatic rings. The van der Waals surface area contributed by atoms with Crippen molar-refractivity contribution >= 4 is 0 Å². The maximum absolute atomic E-state index is 7.89. The molecule has 7 heavy (non-hydrogen) atoms. The number of hydrogen-bond donors (Lipinski definition) is 2. The normalized spacial score (nSPS) is 10.3. The first kappa shape index (κ1) is 6.84. The van der Waals surface area contributed by atoms with Gasteiger partial charge in [-0.25, -0.2) is 4.89 Å². The third-order valence-electron chi connectivity index (χ3n) is 0.272. The average molecular weight is 108 g/mol. The van der Waals surface area contributed by atoms with E-state index in [1.54, 1.807) is 6.92 Å². The van der Waals surface area contributed by atoms with E-state index in [1.165, 1.54) is 0 Å². The average Bonchev–Trinajstić information content (AvgIpc) is 1.61.